The Bertz CT molecular complexity index is 596. The summed E-state index contributed by atoms with van der Waals surface area (Å²) >= 11 is 0. The fraction of sp³-hybridized carbons (Fsp3) is 0.533. The summed E-state index contributed by atoms with van der Waals surface area (Å²) < 4.78 is 0. The highest BCUT2D eigenvalue weighted by atomic mass is 16.3. The van der Waals surface area contributed by atoms with Crippen LogP contribution in [0.2, 0.25) is 0 Å². The zero-order valence-electron chi connectivity index (χ0n) is 11.4. The van der Waals surface area contributed by atoms with E-state index in [0.717, 1.165) is 6.07 Å². The average molecular weight is 294 g/mol. The number of hydrogen-bond donors (Lipinski definition) is 5. The summed E-state index contributed by atoms with van der Waals surface area (Å²) in [5, 5.41) is 49.6. The molecule has 4 atom stereocenters. The molecule has 0 heterocycles. The van der Waals surface area contributed by atoms with E-state index in [1.807, 2.05) is 0 Å². The standard InChI is InChI=1S/C15H18O6/c16-5-6-3-10(18)11-12(13(6)19)15(21)9-4-7(17)1-2-8(9)14(11)20/h3,7-9,15-19,21H,1-2,4-5H2/t7-,8-,9-,15+/m0/s1. The smallest absolute Gasteiger partial charge is 0.170 e. The third-order valence-electron chi connectivity index (χ3n) is 4.72. The van der Waals surface area contributed by atoms with Gasteiger partial charge in [-0.25, -0.2) is 0 Å². The van der Waals surface area contributed by atoms with Gasteiger partial charge in [0.15, 0.2) is 5.78 Å². The van der Waals surface area contributed by atoms with Gasteiger partial charge in [0.2, 0.25) is 0 Å². The highest BCUT2D eigenvalue weighted by molar-refractivity contribution is 6.04. The molecular formula is C15H18O6. The number of carbonyl (C=O) groups is 1. The Morgan fingerprint density at radius 2 is 1.90 bits per heavy atom. The largest absolute Gasteiger partial charge is 0.507 e. The molecule has 0 unspecified atom stereocenters. The van der Waals surface area contributed by atoms with E-state index in [4.69, 9.17) is 0 Å². The molecule has 6 heteroatoms. The third-order valence-corrected chi connectivity index (χ3v) is 4.72. The molecule has 0 aliphatic heterocycles. The predicted molar refractivity (Wildman–Crippen MR) is 71.8 cm³/mol. The summed E-state index contributed by atoms with van der Waals surface area (Å²) in [5.74, 6) is -1.94. The van der Waals surface area contributed by atoms with Crippen molar-refractivity contribution in [3.63, 3.8) is 0 Å². The van der Waals surface area contributed by atoms with Gasteiger partial charge in [-0.15, -0.1) is 0 Å². The molecule has 1 fully saturated rings. The summed E-state index contributed by atoms with van der Waals surface area (Å²) in [6.45, 7) is -0.510. The summed E-state index contributed by atoms with van der Waals surface area (Å²) in [7, 11) is 0. The number of aliphatic hydroxyl groups excluding tert-OH is 3. The number of Topliss-reactive ketones (excluding diaryl/α,β-unsaturated/α-hetero) is 1. The minimum atomic E-state index is -1.14. The molecule has 6 nitrogen and oxygen atoms in total. The summed E-state index contributed by atoms with van der Waals surface area (Å²) in [6.07, 6.45) is -0.512. The minimum absolute atomic E-state index is 0.0283. The van der Waals surface area contributed by atoms with Crippen LogP contribution >= 0.6 is 0 Å². The van der Waals surface area contributed by atoms with Crippen LogP contribution in [0.4, 0.5) is 0 Å². The molecule has 1 aromatic rings. The Balaban J connectivity index is 2.18. The summed E-state index contributed by atoms with van der Waals surface area (Å²) in [4.78, 5) is 12.5. The number of aromatic hydroxyl groups is 2. The second kappa shape index (κ2) is 4.98. The predicted octanol–water partition coefficient (Wildman–Crippen LogP) is 0.597. The van der Waals surface area contributed by atoms with Gasteiger partial charge in [0, 0.05) is 23.0 Å². The van der Waals surface area contributed by atoms with E-state index >= 15 is 0 Å². The van der Waals surface area contributed by atoms with Crippen molar-refractivity contribution in [1.82, 2.24) is 0 Å². The quantitative estimate of drug-likeness (QED) is 0.484. The molecule has 2 aliphatic carbocycles. The molecule has 1 aromatic carbocycles. The number of aliphatic hydroxyl groups is 3. The molecule has 2 aliphatic rings. The monoisotopic (exact) mass is 294 g/mol. The van der Waals surface area contributed by atoms with Crippen LogP contribution in [0.3, 0.4) is 0 Å². The molecule has 114 valence electrons. The van der Waals surface area contributed by atoms with Gasteiger partial charge in [-0.3, -0.25) is 4.79 Å². The van der Waals surface area contributed by atoms with Gasteiger partial charge in [0.25, 0.3) is 0 Å². The lowest BCUT2D eigenvalue weighted by Crippen LogP contribution is -2.40. The Hall–Kier alpha value is -1.63. The third kappa shape index (κ3) is 2.02. The fourth-order valence-corrected chi connectivity index (χ4v) is 3.66. The Kier molecular flexibility index (Phi) is 3.39. The van der Waals surface area contributed by atoms with Crippen molar-refractivity contribution < 1.29 is 30.3 Å². The zero-order valence-corrected chi connectivity index (χ0v) is 11.4. The maximum Gasteiger partial charge on any atom is 0.170 e. The van der Waals surface area contributed by atoms with Crippen molar-refractivity contribution >= 4 is 5.78 Å². The molecule has 5 N–H and O–H groups in total. The molecule has 0 spiro atoms. The molecule has 0 amide bonds. The SMILES string of the molecule is O=C1c2c(O)cc(CO)c(O)c2[C@H](O)[C@H]2C[C@@H](O)CC[C@H]12. The number of carbonyl (C=O) groups excluding carboxylic acids is 1. The maximum absolute atomic E-state index is 12.5. The van der Waals surface area contributed by atoms with Gasteiger partial charge < -0.3 is 25.5 Å². The van der Waals surface area contributed by atoms with Gasteiger partial charge in [0.05, 0.1) is 24.4 Å². The van der Waals surface area contributed by atoms with E-state index in [9.17, 15) is 30.3 Å². The van der Waals surface area contributed by atoms with Crippen molar-refractivity contribution in [2.75, 3.05) is 0 Å². The van der Waals surface area contributed by atoms with Gasteiger partial charge >= 0.3 is 0 Å². The lowest BCUT2D eigenvalue weighted by Gasteiger charge is -2.41. The Labute approximate surface area is 121 Å². The summed E-state index contributed by atoms with van der Waals surface area (Å²) in [6, 6.07) is 1.15. The Morgan fingerprint density at radius 1 is 1.19 bits per heavy atom. The van der Waals surface area contributed by atoms with Crippen molar-refractivity contribution in [3.05, 3.63) is 22.8 Å². The first kappa shape index (κ1) is 14.3. The normalized spacial score (nSPS) is 31.7. The number of phenols is 2. The van der Waals surface area contributed by atoms with Crippen LogP contribution in [0.15, 0.2) is 6.07 Å². The van der Waals surface area contributed by atoms with E-state index in [1.54, 1.807) is 0 Å². The molecular weight excluding hydrogens is 276 g/mol. The second-order valence-corrected chi connectivity index (χ2v) is 5.90. The lowest BCUT2D eigenvalue weighted by molar-refractivity contribution is -0.00817. The molecule has 3 rings (SSSR count). The number of ketones is 1. The average Bonchev–Trinajstić information content (AvgIpc) is 2.46. The van der Waals surface area contributed by atoms with Crippen LogP contribution in [0.25, 0.3) is 0 Å². The molecule has 1 saturated carbocycles. The van der Waals surface area contributed by atoms with E-state index in [2.05, 4.69) is 0 Å². The fourth-order valence-electron chi connectivity index (χ4n) is 3.66. The van der Waals surface area contributed by atoms with Crippen LogP contribution in [-0.4, -0.2) is 37.4 Å². The first-order chi connectivity index (χ1) is 9.95. The number of phenolic OH excluding ortho intramolecular Hbond substituents is 1. The van der Waals surface area contributed by atoms with Crippen LogP contribution in [0.1, 0.15) is 46.9 Å². The van der Waals surface area contributed by atoms with Crippen LogP contribution in [0.5, 0.6) is 11.5 Å². The van der Waals surface area contributed by atoms with E-state index in [-0.39, 0.29) is 40.4 Å². The van der Waals surface area contributed by atoms with E-state index in [1.165, 1.54) is 0 Å². The number of fused-ring (bicyclic) bond motifs is 2. The molecule has 0 aromatic heterocycles. The highest BCUT2D eigenvalue weighted by Crippen LogP contribution is 2.51. The summed E-state index contributed by atoms with van der Waals surface area (Å²) in [5.41, 5.74) is -0.0258. The van der Waals surface area contributed by atoms with Crippen molar-refractivity contribution in [2.24, 2.45) is 11.8 Å². The van der Waals surface area contributed by atoms with Crippen molar-refractivity contribution in [3.8, 4) is 11.5 Å². The van der Waals surface area contributed by atoms with E-state index < -0.39 is 30.7 Å². The molecule has 0 saturated heterocycles. The first-order valence-corrected chi connectivity index (χ1v) is 7.04. The Morgan fingerprint density at radius 3 is 2.57 bits per heavy atom. The maximum atomic E-state index is 12.5. The zero-order chi connectivity index (χ0) is 15.3. The molecule has 0 bridgehead atoms. The van der Waals surface area contributed by atoms with Gasteiger partial charge in [-0.05, 0) is 25.3 Å². The van der Waals surface area contributed by atoms with Crippen molar-refractivity contribution in [1.29, 1.82) is 0 Å². The van der Waals surface area contributed by atoms with Crippen molar-refractivity contribution in [2.45, 2.75) is 38.1 Å². The number of rotatable bonds is 1. The van der Waals surface area contributed by atoms with Gasteiger partial charge in [0.1, 0.15) is 11.5 Å². The number of benzene rings is 1. The van der Waals surface area contributed by atoms with Crippen LogP contribution in [-0.2, 0) is 6.61 Å². The van der Waals surface area contributed by atoms with Gasteiger partial charge in [-0.2, -0.15) is 0 Å². The topological polar surface area (TPSA) is 118 Å². The number of hydrogen-bond acceptors (Lipinski definition) is 6. The first-order valence-electron chi connectivity index (χ1n) is 7.04. The van der Waals surface area contributed by atoms with Gasteiger partial charge in [-0.1, -0.05) is 0 Å². The molecule has 21 heavy (non-hydrogen) atoms. The second-order valence-electron chi connectivity index (χ2n) is 5.90. The highest BCUT2D eigenvalue weighted by Gasteiger charge is 2.47. The molecule has 0 radical (unpaired) electrons. The minimum Gasteiger partial charge on any atom is -0.507 e. The lowest BCUT2D eigenvalue weighted by atomic mass is 9.65. The van der Waals surface area contributed by atoms with Crippen LogP contribution < -0.4 is 0 Å². The van der Waals surface area contributed by atoms with E-state index in [0.29, 0.717) is 12.8 Å². The van der Waals surface area contributed by atoms with Crippen LogP contribution in [0, 0.1) is 11.8 Å².